The zero-order valence-corrected chi connectivity index (χ0v) is 14.7. The van der Waals surface area contributed by atoms with E-state index < -0.39 is 10.0 Å². The number of rotatable bonds is 6. The lowest BCUT2D eigenvalue weighted by Gasteiger charge is -2.28. The fraction of sp³-hybridized carbons (Fsp3) is 0.333. The fourth-order valence-corrected chi connectivity index (χ4v) is 4.25. The standard InChI is InChI=1S/C18H21N3O3S/c22-18(20-13-15-5-9-19-10-6-15)8-12-25(23,24)21-11-7-16-3-1-2-4-17(16)14-21/h1-6,9-10H,7-8,11-14H2,(H,20,22). The number of carbonyl (C=O) groups excluding carboxylic acids is 1. The lowest BCUT2D eigenvalue weighted by Crippen LogP contribution is -2.38. The zero-order valence-electron chi connectivity index (χ0n) is 13.9. The first-order chi connectivity index (χ1) is 12.0. The summed E-state index contributed by atoms with van der Waals surface area (Å²) >= 11 is 0. The smallest absolute Gasteiger partial charge is 0.221 e. The SMILES string of the molecule is O=C(CCS(=O)(=O)N1CCc2ccccc2C1)NCc1ccncc1. The van der Waals surface area contributed by atoms with E-state index in [1.54, 1.807) is 12.4 Å². The number of sulfonamides is 1. The Kier molecular flexibility index (Phi) is 5.45. The molecule has 1 aliphatic heterocycles. The lowest BCUT2D eigenvalue weighted by molar-refractivity contribution is -0.120. The van der Waals surface area contributed by atoms with Crippen LogP contribution in [-0.4, -0.2) is 35.9 Å². The maximum absolute atomic E-state index is 12.5. The van der Waals surface area contributed by atoms with E-state index in [0.29, 0.717) is 26.1 Å². The molecule has 2 heterocycles. The van der Waals surface area contributed by atoms with Crippen molar-refractivity contribution in [2.45, 2.75) is 25.9 Å². The van der Waals surface area contributed by atoms with Crippen LogP contribution in [0.1, 0.15) is 23.1 Å². The minimum absolute atomic E-state index is 0.0361. The average Bonchev–Trinajstić information content (AvgIpc) is 2.65. The van der Waals surface area contributed by atoms with Crippen molar-refractivity contribution in [3.05, 3.63) is 65.5 Å². The molecule has 0 saturated carbocycles. The molecule has 0 unspecified atom stereocenters. The van der Waals surface area contributed by atoms with Gasteiger partial charge < -0.3 is 5.32 Å². The third-order valence-corrected chi connectivity index (χ3v) is 6.13. The van der Waals surface area contributed by atoms with Gasteiger partial charge in [-0.05, 0) is 35.2 Å². The fourth-order valence-electron chi connectivity index (χ4n) is 2.85. The highest BCUT2D eigenvalue weighted by atomic mass is 32.2. The van der Waals surface area contributed by atoms with Crippen molar-refractivity contribution in [1.29, 1.82) is 0 Å². The van der Waals surface area contributed by atoms with E-state index in [4.69, 9.17) is 0 Å². The Balaban J connectivity index is 1.51. The highest BCUT2D eigenvalue weighted by Crippen LogP contribution is 2.21. The number of nitrogens with one attached hydrogen (secondary N) is 1. The van der Waals surface area contributed by atoms with Gasteiger partial charge in [0, 0.05) is 38.4 Å². The molecule has 1 aromatic carbocycles. The molecular formula is C18H21N3O3S. The second-order valence-corrected chi connectivity index (χ2v) is 8.14. The number of nitrogens with zero attached hydrogens (tertiary/aromatic N) is 2. The summed E-state index contributed by atoms with van der Waals surface area (Å²) in [5, 5.41) is 2.74. The molecule has 6 nitrogen and oxygen atoms in total. The molecule has 0 fully saturated rings. The van der Waals surface area contributed by atoms with Crippen LogP contribution in [-0.2, 0) is 34.3 Å². The van der Waals surface area contributed by atoms with Crippen molar-refractivity contribution in [1.82, 2.24) is 14.6 Å². The van der Waals surface area contributed by atoms with E-state index >= 15 is 0 Å². The first kappa shape index (κ1) is 17.6. The Morgan fingerprint density at radius 2 is 1.84 bits per heavy atom. The Hall–Kier alpha value is -2.25. The average molecular weight is 359 g/mol. The summed E-state index contributed by atoms with van der Waals surface area (Å²) in [4.78, 5) is 15.8. The molecule has 0 aliphatic carbocycles. The molecule has 1 N–H and O–H groups in total. The minimum Gasteiger partial charge on any atom is -0.352 e. The summed E-state index contributed by atoms with van der Waals surface area (Å²) in [7, 11) is -3.44. The second kappa shape index (κ2) is 7.76. The Morgan fingerprint density at radius 1 is 1.12 bits per heavy atom. The molecule has 3 rings (SSSR count). The molecule has 7 heteroatoms. The van der Waals surface area contributed by atoms with Crippen LogP contribution in [0.25, 0.3) is 0 Å². The molecule has 25 heavy (non-hydrogen) atoms. The topological polar surface area (TPSA) is 79.4 Å². The molecule has 1 aromatic heterocycles. The van der Waals surface area contributed by atoms with Crippen molar-refractivity contribution in [3.8, 4) is 0 Å². The van der Waals surface area contributed by atoms with Crippen LogP contribution >= 0.6 is 0 Å². The molecule has 0 bridgehead atoms. The van der Waals surface area contributed by atoms with E-state index in [0.717, 1.165) is 11.1 Å². The van der Waals surface area contributed by atoms with E-state index in [1.807, 2.05) is 36.4 Å². The van der Waals surface area contributed by atoms with E-state index in [1.165, 1.54) is 9.87 Å². The Bertz CT molecular complexity index is 838. The zero-order chi connectivity index (χ0) is 17.7. The summed E-state index contributed by atoms with van der Waals surface area (Å²) in [5.41, 5.74) is 3.17. The number of hydrogen-bond acceptors (Lipinski definition) is 4. The number of pyridine rings is 1. The maximum Gasteiger partial charge on any atom is 0.221 e. The van der Waals surface area contributed by atoms with Crippen molar-refractivity contribution in [2.24, 2.45) is 0 Å². The number of amides is 1. The monoisotopic (exact) mass is 359 g/mol. The van der Waals surface area contributed by atoms with Gasteiger partial charge in [-0.1, -0.05) is 24.3 Å². The second-order valence-electron chi connectivity index (χ2n) is 6.05. The van der Waals surface area contributed by atoms with Crippen LogP contribution < -0.4 is 5.32 Å². The van der Waals surface area contributed by atoms with Gasteiger partial charge in [0.2, 0.25) is 15.9 Å². The van der Waals surface area contributed by atoms with Gasteiger partial charge >= 0.3 is 0 Å². The lowest BCUT2D eigenvalue weighted by atomic mass is 10.0. The van der Waals surface area contributed by atoms with Gasteiger partial charge in [0.15, 0.2) is 0 Å². The quantitative estimate of drug-likeness (QED) is 0.847. The third kappa shape index (κ3) is 4.64. The molecule has 132 valence electrons. The summed E-state index contributed by atoms with van der Waals surface area (Å²) in [6, 6.07) is 11.5. The number of aromatic nitrogens is 1. The van der Waals surface area contributed by atoms with Crippen molar-refractivity contribution >= 4 is 15.9 Å². The van der Waals surface area contributed by atoms with Crippen molar-refractivity contribution in [3.63, 3.8) is 0 Å². The van der Waals surface area contributed by atoms with Crippen LogP contribution in [0.2, 0.25) is 0 Å². The molecule has 0 saturated heterocycles. The number of benzene rings is 1. The van der Waals surface area contributed by atoms with Gasteiger partial charge in [-0.3, -0.25) is 9.78 Å². The predicted octanol–water partition coefficient (Wildman–Crippen LogP) is 1.48. The number of fused-ring (bicyclic) bond motifs is 1. The van der Waals surface area contributed by atoms with E-state index in [9.17, 15) is 13.2 Å². The van der Waals surface area contributed by atoms with Crippen molar-refractivity contribution < 1.29 is 13.2 Å². The summed E-state index contributed by atoms with van der Waals surface area (Å²) < 4.78 is 26.5. The minimum atomic E-state index is -3.44. The molecule has 1 amide bonds. The predicted molar refractivity (Wildman–Crippen MR) is 95.0 cm³/mol. The van der Waals surface area contributed by atoms with Crippen LogP contribution in [0.15, 0.2) is 48.8 Å². The largest absolute Gasteiger partial charge is 0.352 e. The van der Waals surface area contributed by atoms with Crippen LogP contribution in [0.5, 0.6) is 0 Å². The Morgan fingerprint density at radius 3 is 2.60 bits per heavy atom. The molecule has 0 radical (unpaired) electrons. The van der Waals surface area contributed by atoms with Crippen molar-refractivity contribution in [2.75, 3.05) is 12.3 Å². The molecule has 1 aliphatic rings. The van der Waals surface area contributed by atoms with Gasteiger partial charge in [-0.25, -0.2) is 8.42 Å². The Labute approximate surface area is 147 Å². The van der Waals surface area contributed by atoms with Gasteiger partial charge in [-0.2, -0.15) is 4.31 Å². The maximum atomic E-state index is 12.5. The van der Waals surface area contributed by atoms with Crippen LogP contribution in [0.4, 0.5) is 0 Å². The first-order valence-corrected chi connectivity index (χ1v) is 9.86. The molecule has 2 aromatic rings. The number of hydrogen-bond donors (Lipinski definition) is 1. The number of carbonyl (C=O) groups is 1. The van der Waals surface area contributed by atoms with Gasteiger partial charge in [0.25, 0.3) is 0 Å². The normalized spacial score (nSPS) is 14.7. The summed E-state index contributed by atoms with van der Waals surface area (Å²) in [5.74, 6) is -0.435. The van der Waals surface area contributed by atoms with Crippen LogP contribution in [0.3, 0.4) is 0 Å². The highest BCUT2D eigenvalue weighted by molar-refractivity contribution is 7.89. The summed E-state index contributed by atoms with van der Waals surface area (Å²) in [6.45, 7) is 1.23. The highest BCUT2D eigenvalue weighted by Gasteiger charge is 2.26. The first-order valence-electron chi connectivity index (χ1n) is 8.25. The van der Waals surface area contributed by atoms with Gasteiger partial charge in [0.05, 0.1) is 5.75 Å². The van der Waals surface area contributed by atoms with Gasteiger partial charge in [-0.15, -0.1) is 0 Å². The van der Waals surface area contributed by atoms with Gasteiger partial charge in [0.1, 0.15) is 0 Å². The van der Waals surface area contributed by atoms with E-state index in [2.05, 4.69) is 10.3 Å². The molecular weight excluding hydrogens is 338 g/mol. The third-order valence-electron chi connectivity index (χ3n) is 4.32. The van der Waals surface area contributed by atoms with Crippen LogP contribution in [0, 0.1) is 0 Å². The molecule has 0 atom stereocenters. The molecule has 0 spiro atoms. The van der Waals surface area contributed by atoms with E-state index in [-0.39, 0.29) is 18.1 Å². The summed E-state index contributed by atoms with van der Waals surface area (Å²) in [6.07, 6.45) is 3.98.